The van der Waals surface area contributed by atoms with E-state index in [-0.39, 0.29) is 12.5 Å². The third kappa shape index (κ3) is 4.96. The van der Waals surface area contributed by atoms with Gasteiger partial charge in [-0.05, 0) is 83.4 Å². The molecular formula is C25H23BrN2O5. The molecule has 1 heterocycles. The molecule has 8 heteroatoms. The topological polar surface area (TPSA) is 82.8 Å². The van der Waals surface area contributed by atoms with Crippen LogP contribution in [0.15, 0.2) is 57.4 Å². The van der Waals surface area contributed by atoms with Crippen LogP contribution in [0.2, 0.25) is 0 Å². The van der Waals surface area contributed by atoms with Gasteiger partial charge in [0.15, 0.2) is 23.7 Å². The lowest BCUT2D eigenvalue weighted by Crippen LogP contribution is -2.20. The first-order valence-electron chi connectivity index (χ1n) is 10.2. The van der Waals surface area contributed by atoms with E-state index in [9.17, 15) is 4.79 Å². The lowest BCUT2D eigenvalue weighted by Gasteiger charge is -2.12. The summed E-state index contributed by atoms with van der Waals surface area (Å²) in [4.78, 5) is 17.0. The Labute approximate surface area is 199 Å². The number of amides is 1. The predicted octanol–water partition coefficient (Wildman–Crippen LogP) is 5.91. The predicted molar refractivity (Wildman–Crippen MR) is 130 cm³/mol. The van der Waals surface area contributed by atoms with Crippen molar-refractivity contribution < 1.29 is 23.4 Å². The molecule has 1 aromatic heterocycles. The minimum atomic E-state index is -0.273. The van der Waals surface area contributed by atoms with Gasteiger partial charge in [-0.25, -0.2) is 4.98 Å². The fourth-order valence-electron chi connectivity index (χ4n) is 3.52. The van der Waals surface area contributed by atoms with Crippen molar-refractivity contribution in [1.29, 1.82) is 0 Å². The van der Waals surface area contributed by atoms with Crippen LogP contribution in [0.5, 0.6) is 17.2 Å². The number of anilines is 1. The summed E-state index contributed by atoms with van der Waals surface area (Å²) in [6.45, 7) is 3.83. The number of carbonyl (C=O) groups excluding carboxylic acids is 1. The van der Waals surface area contributed by atoms with Crippen molar-refractivity contribution in [2.24, 2.45) is 0 Å². The second kappa shape index (κ2) is 9.54. The van der Waals surface area contributed by atoms with Gasteiger partial charge in [-0.3, -0.25) is 4.79 Å². The molecule has 0 bridgehead atoms. The van der Waals surface area contributed by atoms with E-state index in [1.54, 1.807) is 44.6 Å². The van der Waals surface area contributed by atoms with E-state index in [2.05, 4.69) is 26.2 Å². The Morgan fingerprint density at radius 1 is 1.03 bits per heavy atom. The van der Waals surface area contributed by atoms with Crippen LogP contribution in [0.25, 0.3) is 22.6 Å². The van der Waals surface area contributed by atoms with Gasteiger partial charge < -0.3 is 23.9 Å². The second-order valence-corrected chi connectivity index (χ2v) is 8.36. The highest BCUT2D eigenvalue weighted by molar-refractivity contribution is 9.10. The van der Waals surface area contributed by atoms with E-state index >= 15 is 0 Å². The minimum absolute atomic E-state index is 0.115. The van der Waals surface area contributed by atoms with E-state index in [1.807, 2.05) is 32.0 Å². The quantitative estimate of drug-likeness (QED) is 0.332. The van der Waals surface area contributed by atoms with Crippen LogP contribution < -0.4 is 19.5 Å². The van der Waals surface area contributed by atoms with Crippen LogP contribution in [-0.4, -0.2) is 31.7 Å². The van der Waals surface area contributed by atoms with Crippen LogP contribution in [0, 0.1) is 13.8 Å². The van der Waals surface area contributed by atoms with Gasteiger partial charge >= 0.3 is 0 Å². The number of methoxy groups -OCH3 is 2. The maximum absolute atomic E-state index is 12.4. The maximum Gasteiger partial charge on any atom is 0.262 e. The third-order valence-corrected chi connectivity index (χ3v) is 5.61. The fraction of sp³-hybridized carbons (Fsp3) is 0.200. The molecule has 4 aromatic rings. The van der Waals surface area contributed by atoms with Gasteiger partial charge in [0.25, 0.3) is 5.91 Å². The SMILES string of the molecule is COc1ccc(-c2nc3cc(NC(=O)COc4c(C)cc(C)cc4Br)ccc3o2)cc1OC. The number of nitrogens with zero attached hydrogens (tertiary/aromatic N) is 1. The summed E-state index contributed by atoms with van der Waals surface area (Å²) in [5.41, 5.74) is 4.65. The number of benzene rings is 3. The molecule has 0 aliphatic heterocycles. The van der Waals surface area contributed by atoms with E-state index in [1.165, 1.54) is 0 Å². The number of carbonyl (C=O) groups is 1. The number of hydrogen-bond acceptors (Lipinski definition) is 6. The summed E-state index contributed by atoms with van der Waals surface area (Å²) in [6.07, 6.45) is 0. The Morgan fingerprint density at radius 3 is 2.55 bits per heavy atom. The molecule has 0 spiro atoms. The van der Waals surface area contributed by atoms with Crippen molar-refractivity contribution in [2.45, 2.75) is 13.8 Å². The van der Waals surface area contributed by atoms with Crippen LogP contribution >= 0.6 is 15.9 Å². The molecule has 1 amide bonds. The van der Waals surface area contributed by atoms with Crippen LogP contribution in [0.3, 0.4) is 0 Å². The molecule has 1 N–H and O–H groups in total. The van der Waals surface area contributed by atoms with Gasteiger partial charge in [0, 0.05) is 11.3 Å². The van der Waals surface area contributed by atoms with Crippen LogP contribution in [0.4, 0.5) is 5.69 Å². The van der Waals surface area contributed by atoms with Crippen molar-refractivity contribution in [3.63, 3.8) is 0 Å². The van der Waals surface area contributed by atoms with Gasteiger partial charge in [-0.15, -0.1) is 0 Å². The first-order chi connectivity index (χ1) is 15.9. The number of hydrogen-bond donors (Lipinski definition) is 1. The zero-order chi connectivity index (χ0) is 23.5. The Hall–Kier alpha value is -3.52. The van der Waals surface area contributed by atoms with Crippen molar-refractivity contribution in [3.05, 3.63) is 64.1 Å². The van der Waals surface area contributed by atoms with Crippen LogP contribution in [0.1, 0.15) is 11.1 Å². The fourth-order valence-corrected chi connectivity index (χ4v) is 4.31. The lowest BCUT2D eigenvalue weighted by atomic mass is 10.1. The zero-order valence-corrected chi connectivity index (χ0v) is 20.3. The first-order valence-corrected chi connectivity index (χ1v) is 11.0. The summed E-state index contributed by atoms with van der Waals surface area (Å²) in [7, 11) is 3.16. The number of oxazole rings is 1. The van der Waals surface area contributed by atoms with Crippen molar-refractivity contribution in [3.8, 4) is 28.7 Å². The van der Waals surface area contributed by atoms with Gasteiger partial charge in [0.05, 0.1) is 18.7 Å². The smallest absolute Gasteiger partial charge is 0.262 e. The lowest BCUT2D eigenvalue weighted by molar-refractivity contribution is -0.118. The highest BCUT2D eigenvalue weighted by Gasteiger charge is 2.14. The second-order valence-electron chi connectivity index (χ2n) is 7.50. The molecule has 0 aliphatic rings. The number of rotatable bonds is 7. The van der Waals surface area contributed by atoms with E-state index < -0.39 is 0 Å². The van der Waals surface area contributed by atoms with Crippen molar-refractivity contribution in [1.82, 2.24) is 4.98 Å². The molecule has 33 heavy (non-hydrogen) atoms. The summed E-state index contributed by atoms with van der Waals surface area (Å²) < 4.78 is 23.1. The Morgan fingerprint density at radius 2 is 1.82 bits per heavy atom. The van der Waals surface area contributed by atoms with E-state index in [0.29, 0.717) is 39.9 Å². The number of fused-ring (bicyclic) bond motifs is 1. The summed E-state index contributed by atoms with van der Waals surface area (Å²) >= 11 is 3.49. The highest BCUT2D eigenvalue weighted by Crippen LogP contribution is 2.34. The average Bonchev–Trinajstić information content (AvgIpc) is 3.21. The summed E-state index contributed by atoms with van der Waals surface area (Å²) in [6, 6.07) is 14.7. The zero-order valence-electron chi connectivity index (χ0n) is 18.7. The molecular weight excluding hydrogens is 488 g/mol. The Kier molecular flexibility index (Phi) is 6.55. The Bertz CT molecular complexity index is 1310. The number of aromatic nitrogens is 1. The molecule has 0 saturated heterocycles. The molecule has 0 unspecified atom stereocenters. The number of halogens is 1. The Balaban J connectivity index is 1.48. The molecule has 0 saturated carbocycles. The monoisotopic (exact) mass is 510 g/mol. The maximum atomic E-state index is 12.4. The van der Waals surface area contributed by atoms with Crippen molar-refractivity contribution in [2.75, 3.05) is 26.1 Å². The molecule has 0 aliphatic carbocycles. The third-order valence-electron chi connectivity index (χ3n) is 5.02. The minimum Gasteiger partial charge on any atom is -0.493 e. The van der Waals surface area contributed by atoms with Gasteiger partial charge in [0.2, 0.25) is 5.89 Å². The molecule has 7 nitrogen and oxygen atoms in total. The van der Waals surface area contributed by atoms with E-state index in [4.69, 9.17) is 18.6 Å². The summed E-state index contributed by atoms with van der Waals surface area (Å²) in [5, 5.41) is 2.84. The molecule has 170 valence electrons. The summed E-state index contributed by atoms with van der Waals surface area (Å²) in [5.74, 6) is 2.03. The van der Waals surface area contributed by atoms with Gasteiger partial charge in [0.1, 0.15) is 11.3 Å². The highest BCUT2D eigenvalue weighted by atomic mass is 79.9. The normalized spacial score (nSPS) is 10.8. The molecule has 0 fully saturated rings. The molecule has 4 rings (SSSR count). The number of ether oxygens (including phenoxy) is 3. The largest absolute Gasteiger partial charge is 0.493 e. The standard InChI is InChI=1S/C25H23BrN2O5/c1-14-9-15(2)24(18(26)10-14)32-13-23(29)27-17-6-8-20-19(12-17)28-25(33-20)16-5-7-21(30-3)22(11-16)31-4/h5-12H,13H2,1-4H3,(H,27,29). The van der Waals surface area contributed by atoms with E-state index in [0.717, 1.165) is 21.2 Å². The first kappa shape index (κ1) is 22.7. The molecule has 0 atom stereocenters. The number of nitrogens with one attached hydrogen (secondary N) is 1. The van der Waals surface area contributed by atoms with Crippen LogP contribution in [-0.2, 0) is 4.79 Å². The van der Waals surface area contributed by atoms with Gasteiger partial charge in [-0.1, -0.05) is 6.07 Å². The van der Waals surface area contributed by atoms with Crippen molar-refractivity contribution >= 4 is 38.6 Å². The average molecular weight is 511 g/mol. The molecule has 0 radical (unpaired) electrons. The number of aryl methyl sites for hydroxylation is 2. The van der Waals surface area contributed by atoms with Gasteiger partial charge in [-0.2, -0.15) is 0 Å². The molecule has 3 aromatic carbocycles.